The number of H-pyrrole nitrogens is 2. The molecule has 0 radical (unpaired) electrons. The summed E-state index contributed by atoms with van der Waals surface area (Å²) in [7, 11) is 0. The number of nitrogens with one attached hydrogen (secondary N) is 3. The van der Waals surface area contributed by atoms with E-state index < -0.39 is 5.97 Å². The molecule has 4 rings (SSSR count). The van der Waals surface area contributed by atoms with Crippen LogP contribution in [0.3, 0.4) is 0 Å². The van der Waals surface area contributed by atoms with Crippen LogP contribution in [0.25, 0.3) is 33.1 Å². The summed E-state index contributed by atoms with van der Waals surface area (Å²) in [6.45, 7) is 1.26. The minimum Gasteiger partial charge on any atom is -0.478 e. The van der Waals surface area contributed by atoms with Gasteiger partial charge in [0, 0.05) is 29.5 Å². The van der Waals surface area contributed by atoms with Crippen LogP contribution < -0.4 is 10.9 Å². The summed E-state index contributed by atoms with van der Waals surface area (Å²) in [6.07, 6.45) is 0. The normalized spacial score (nSPS) is 11.3. The third kappa shape index (κ3) is 3.40. The van der Waals surface area contributed by atoms with Gasteiger partial charge in [-0.3, -0.25) is 4.79 Å². The van der Waals surface area contributed by atoms with Gasteiger partial charge in [0.15, 0.2) is 0 Å². The molecular weight excluding hydrogens is 358 g/mol. The van der Waals surface area contributed by atoms with Gasteiger partial charge < -0.3 is 25.5 Å². The molecule has 5 N–H and O–H groups in total. The molecule has 0 aliphatic carbocycles. The van der Waals surface area contributed by atoms with E-state index in [9.17, 15) is 14.7 Å². The SMILES string of the molecule is O=C(O)c1ccc2[nH]c(=O)c(-c3cc4cc(CNCCO)ccc4[nH]3)cc2c1. The molecule has 0 saturated heterocycles. The number of carbonyl (C=O) groups is 1. The molecule has 7 nitrogen and oxygen atoms in total. The Kier molecular flexibility index (Phi) is 4.68. The van der Waals surface area contributed by atoms with Crippen molar-refractivity contribution in [3.63, 3.8) is 0 Å². The Bertz CT molecular complexity index is 1240. The van der Waals surface area contributed by atoms with Crippen LogP contribution in [0.2, 0.25) is 0 Å². The first-order chi connectivity index (χ1) is 13.5. The lowest BCUT2D eigenvalue weighted by molar-refractivity contribution is 0.0697. The maximum Gasteiger partial charge on any atom is 0.335 e. The van der Waals surface area contributed by atoms with Crippen LogP contribution in [0, 0.1) is 0 Å². The number of hydrogen-bond acceptors (Lipinski definition) is 4. The van der Waals surface area contributed by atoms with E-state index in [1.807, 2.05) is 24.3 Å². The number of benzene rings is 2. The monoisotopic (exact) mass is 377 g/mol. The quantitative estimate of drug-likeness (QED) is 0.331. The molecule has 0 spiro atoms. The van der Waals surface area contributed by atoms with E-state index in [1.54, 1.807) is 18.2 Å². The molecule has 0 unspecified atom stereocenters. The highest BCUT2D eigenvalue weighted by atomic mass is 16.4. The molecule has 0 aliphatic heterocycles. The molecule has 4 aromatic rings. The van der Waals surface area contributed by atoms with Gasteiger partial charge in [-0.1, -0.05) is 6.07 Å². The fourth-order valence-corrected chi connectivity index (χ4v) is 3.29. The van der Waals surface area contributed by atoms with E-state index in [-0.39, 0.29) is 17.7 Å². The second-order valence-electron chi connectivity index (χ2n) is 6.62. The van der Waals surface area contributed by atoms with Crippen molar-refractivity contribution in [1.29, 1.82) is 0 Å². The lowest BCUT2D eigenvalue weighted by Gasteiger charge is -2.03. The summed E-state index contributed by atoms with van der Waals surface area (Å²) >= 11 is 0. The fourth-order valence-electron chi connectivity index (χ4n) is 3.29. The van der Waals surface area contributed by atoms with Crippen LogP contribution in [-0.4, -0.2) is 39.3 Å². The van der Waals surface area contributed by atoms with Crippen molar-refractivity contribution in [2.45, 2.75) is 6.54 Å². The van der Waals surface area contributed by atoms with Crippen molar-refractivity contribution < 1.29 is 15.0 Å². The van der Waals surface area contributed by atoms with Crippen LogP contribution in [0.1, 0.15) is 15.9 Å². The number of carboxylic acid groups (broad SMARTS) is 1. The average molecular weight is 377 g/mol. The van der Waals surface area contributed by atoms with Crippen LogP contribution in [0.4, 0.5) is 0 Å². The van der Waals surface area contributed by atoms with Crippen molar-refractivity contribution in [2.24, 2.45) is 0 Å². The average Bonchev–Trinajstić information content (AvgIpc) is 3.10. The second-order valence-corrected chi connectivity index (χ2v) is 6.62. The van der Waals surface area contributed by atoms with E-state index in [1.165, 1.54) is 6.07 Å². The molecule has 0 aliphatic rings. The molecule has 2 heterocycles. The number of fused-ring (bicyclic) bond motifs is 2. The summed E-state index contributed by atoms with van der Waals surface area (Å²) < 4.78 is 0. The van der Waals surface area contributed by atoms with E-state index in [0.717, 1.165) is 16.5 Å². The highest BCUT2D eigenvalue weighted by Gasteiger charge is 2.11. The largest absolute Gasteiger partial charge is 0.478 e. The number of pyridine rings is 1. The van der Waals surface area contributed by atoms with Gasteiger partial charge in [-0.25, -0.2) is 4.79 Å². The maximum absolute atomic E-state index is 12.5. The predicted octanol–water partition coefficient (Wildman–Crippen LogP) is 2.46. The van der Waals surface area contributed by atoms with E-state index in [2.05, 4.69) is 15.3 Å². The van der Waals surface area contributed by atoms with E-state index >= 15 is 0 Å². The van der Waals surface area contributed by atoms with Crippen molar-refractivity contribution in [3.8, 4) is 11.3 Å². The number of hydrogen-bond donors (Lipinski definition) is 5. The van der Waals surface area contributed by atoms with E-state index in [4.69, 9.17) is 5.11 Å². The maximum atomic E-state index is 12.5. The zero-order chi connectivity index (χ0) is 19.7. The Hall–Kier alpha value is -3.42. The molecule has 28 heavy (non-hydrogen) atoms. The molecule has 0 saturated carbocycles. The predicted molar refractivity (Wildman–Crippen MR) is 108 cm³/mol. The van der Waals surface area contributed by atoms with Gasteiger partial charge in [-0.2, -0.15) is 0 Å². The smallest absolute Gasteiger partial charge is 0.335 e. The molecule has 7 heteroatoms. The van der Waals surface area contributed by atoms with Gasteiger partial charge in [0.1, 0.15) is 0 Å². The molecular formula is C21H19N3O4. The summed E-state index contributed by atoms with van der Waals surface area (Å²) in [5, 5.41) is 22.8. The van der Waals surface area contributed by atoms with Gasteiger partial charge in [0.05, 0.1) is 23.4 Å². The summed E-state index contributed by atoms with van der Waals surface area (Å²) in [5.41, 5.74) is 3.61. The van der Waals surface area contributed by atoms with Gasteiger partial charge >= 0.3 is 5.97 Å². The van der Waals surface area contributed by atoms with Gasteiger partial charge in [-0.15, -0.1) is 0 Å². The summed E-state index contributed by atoms with van der Waals surface area (Å²) in [5.74, 6) is -1.01. The number of aliphatic hydroxyl groups excluding tert-OH is 1. The van der Waals surface area contributed by atoms with Crippen molar-refractivity contribution in [2.75, 3.05) is 13.2 Å². The van der Waals surface area contributed by atoms with Crippen LogP contribution in [0.5, 0.6) is 0 Å². The Morgan fingerprint density at radius 1 is 0.964 bits per heavy atom. The van der Waals surface area contributed by atoms with Gasteiger partial charge in [0.25, 0.3) is 5.56 Å². The molecule has 2 aromatic heterocycles. The number of aromatic amines is 2. The first-order valence-corrected chi connectivity index (χ1v) is 8.89. The fraction of sp³-hybridized carbons (Fsp3) is 0.143. The highest BCUT2D eigenvalue weighted by Crippen LogP contribution is 2.25. The third-order valence-electron chi connectivity index (χ3n) is 4.68. The Labute approximate surface area is 159 Å². The zero-order valence-electron chi connectivity index (χ0n) is 15.0. The lowest BCUT2D eigenvalue weighted by Crippen LogP contribution is -2.17. The number of carboxylic acids is 1. The summed E-state index contributed by atoms with van der Waals surface area (Å²) in [6, 6.07) is 14.2. The summed E-state index contributed by atoms with van der Waals surface area (Å²) in [4.78, 5) is 29.8. The molecule has 2 aromatic carbocycles. The van der Waals surface area contributed by atoms with Crippen LogP contribution in [-0.2, 0) is 6.54 Å². The lowest BCUT2D eigenvalue weighted by atomic mass is 10.1. The Morgan fingerprint density at radius 3 is 2.50 bits per heavy atom. The Morgan fingerprint density at radius 2 is 1.71 bits per heavy atom. The molecule has 0 amide bonds. The van der Waals surface area contributed by atoms with Gasteiger partial charge in [0.2, 0.25) is 0 Å². The topological polar surface area (TPSA) is 118 Å². The Balaban J connectivity index is 1.75. The number of aromatic nitrogens is 2. The molecule has 0 fully saturated rings. The molecule has 0 atom stereocenters. The van der Waals surface area contributed by atoms with Gasteiger partial charge in [-0.05, 0) is 53.4 Å². The third-order valence-corrected chi connectivity index (χ3v) is 4.68. The number of aliphatic hydroxyl groups is 1. The van der Waals surface area contributed by atoms with Crippen LogP contribution >= 0.6 is 0 Å². The number of rotatable bonds is 6. The van der Waals surface area contributed by atoms with Crippen molar-refractivity contribution >= 4 is 27.8 Å². The standard InChI is InChI=1S/C21H19N3O4/c25-6-5-22-11-12-1-3-17-14(7-12)10-19(23-17)16-9-15-8-13(21(27)28)2-4-18(15)24-20(16)26/h1-4,7-10,22-23,25H,5-6,11H2,(H,24,26)(H,27,28). The number of aromatic carboxylic acids is 1. The first kappa shape index (κ1) is 18.0. The van der Waals surface area contributed by atoms with Crippen molar-refractivity contribution in [3.05, 3.63) is 70.0 Å². The second kappa shape index (κ2) is 7.30. The van der Waals surface area contributed by atoms with E-state index in [0.29, 0.717) is 35.2 Å². The minimum atomic E-state index is -1.01. The minimum absolute atomic E-state index is 0.0882. The van der Waals surface area contributed by atoms with Crippen molar-refractivity contribution in [1.82, 2.24) is 15.3 Å². The zero-order valence-corrected chi connectivity index (χ0v) is 15.0. The molecule has 142 valence electrons. The van der Waals surface area contributed by atoms with Crippen LogP contribution in [0.15, 0.2) is 53.3 Å². The highest BCUT2D eigenvalue weighted by molar-refractivity contribution is 5.95. The first-order valence-electron chi connectivity index (χ1n) is 8.89. The molecule has 0 bridgehead atoms.